The van der Waals surface area contributed by atoms with E-state index in [1.165, 1.54) is 29.4 Å². The van der Waals surface area contributed by atoms with Gasteiger partial charge in [-0.1, -0.05) is 30.3 Å². The minimum absolute atomic E-state index is 0.200. The minimum Gasteiger partial charge on any atom is -0.496 e. The molecule has 1 fully saturated rings. The fraction of sp³-hybridized carbons (Fsp3) is 0.310. The summed E-state index contributed by atoms with van der Waals surface area (Å²) in [5, 5.41) is 8.69. The summed E-state index contributed by atoms with van der Waals surface area (Å²) >= 11 is 0. The second-order valence-corrected chi connectivity index (χ2v) is 9.26. The lowest BCUT2D eigenvalue weighted by Gasteiger charge is -2.26. The van der Waals surface area contributed by atoms with Crippen molar-refractivity contribution in [1.82, 2.24) is 10.2 Å². The summed E-state index contributed by atoms with van der Waals surface area (Å²) < 4.78 is 10.8. The number of amides is 3. The van der Waals surface area contributed by atoms with Crippen molar-refractivity contribution in [2.75, 3.05) is 57.1 Å². The number of hydrogen-bond acceptors (Lipinski definition) is 5. The quantitative estimate of drug-likeness (QED) is 0.313. The third-order valence-corrected chi connectivity index (χ3v) is 6.80. The Labute approximate surface area is 217 Å². The van der Waals surface area contributed by atoms with Gasteiger partial charge in [-0.15, -0.1) is 0 Å². The van der Waals surface area contributed by atoms with Crippen LogP contribution in [0.2, 0.25) is 0 Å². The van der Waals surface area contributed by atoms with Gasteiger partial charge in [0.15, 0.2) is 0 Å². The summed E-state index contributed by atoms with van der Waals surface area (Å²) in [6.07, 6.45) is 1.72. The van der Waals surface area contributed by atoms with Crippen molar-refractivity contribution in [3.63, 3.8) is 0 Å². The van der Waals surface area contributed by atoms with E-state index in [1.807, 2.05) is 30.3 Å². The minimum atomic E-state index is -0.363. The topological polar surface area (TPSA) is 91.9 Å². The average Bonchev–Trinajstić information content (AvgIpc) is 3.29. The van der Waals surface area contributed by atoms with Gasteiger partial charge in [-0.05, 0) is 65.9 Å². The molecule has 0 saturated carbocycles. The molecule has 1 aliphatic heterocycles. The molecule has 0 atom stereocenters. The summed E-state index contributed by atoms with van der Waals surface area (Å²) in [6, 6.07) is 19.0. The number of rotatable bonds is 8. The van der Waals surface area contributed by atoms with Crippen LogP contribution in [0.15, 0.2) is 60.7 Å². The molecule has 1 heterocycles. The van der Waals surface area contributed by atoms with Crippen molar-refractivity contribution >= 4 is 23.3 Å². The first-order chi connectivity index (χ1) is 18.1. The molecular formula is C29H32N4O4. The lowest BCUT2D eigenvalue weighted by molar-refractivity contribution is 0.0374. The first kappa shape index (κ1) is 24.8. The van der Waals surface area contributed by atoms with Crippen LogP contribution in [-0.4, -0.2) is 63.3 Å². The molecule has 0 spiro atoms. The zero-order valence-electron chi connectivity index (χ0n) is 21.0. The SMILES string of the molecule is COc1cc(NC(=O)Nc2ccc3c(c2)Cc2ccccc2-3)ccc1C(=O)NCCCN1CCOCC1. The van der Waals surface area contributed by atoms with Gasteiger partial charge in [-0.3, -0.25) is 9.69 Å². The number of morpholine rings is 1. The van der Waals surface area contributed by atoms with E-state index in [9.17, 15) is 9.59 Å². The van der Waals surface area contributed by atoms with Gasteiger partial charge >= 0.3 is 6.03 Å². The van der Waals surface area contributed by atoms with E-state index in [2.05, 4.69) is 33.0 Å². The molecule has 1 aliphatic carbocycles. The molecule has 2 aliphatic rings. The van der Waals surface area contributed by atoms with Crippen molar-refractivity contribution in [3.05, 3.63) is 77.4 Å². The fourth-order valence-corrected chi connectivity index (χ4v) is 4.90. The second-order valence-electron chi connectivity index (χ2n) is 9.26. The smallest absolute Gasteiger partial charge is 0.323 e. The summed E-state index contributed by atoms with van der Waals surface area (Å²) in [7, 11) is 1.51. The van der Waals surface area contributed by atoms with Gasteiger partial charge in [-0.25, -0.2) is 4.79 Å². The Morgan fingerprint density at radius 3 is 2.46 bits per heavy atom. The lowest BCUT2D eigenvalue weighted by Crippen LogP contribution is -2.38. The van der Waals surface area contributed by atoms with E-state index < -0.39 is 0 Å². The average molecular weight is 501 g/mol. The van der Waals surface area contributed by atoms with Gasteiger partial charge in [0.2, 0.25) is 0 Å². The predicted octanol–water partition coefficient (Wildman–Crippen LogP) is 4.36. The van der Waals surface area contributed by atoms with E-state index in [0.717, 1.165) is 51.4 Å². The molecule has 0 radical (unpaired) electrons. The summed E-state index contributed by atoms with van der Waals surface area (Å²) in [6.45, 7) is 4.91. The van der Waals surface area contributed by atoms with Crippen LogP contribution in [0.5, 0.6) is 5.75 Å². The normalized spacial score (nSPS) is 14.4. The number of nitrogens with zero attached hydrogens (tertiary/aromatic N) is 1. The first-order valence-electron chi connectivity index (χ1n) is 12.7. The second kappa shape index (κ2) is 11.5. The summed E-state index contributed by atoms with van der Waals surface area (Å²) in [5.41, 5.74) is 6.64. The van der Waals surface area contributed by atoms with Crippen LogP contribution in [-0.2, 0) is 11.2 Å². The monoisotopic (exact) mass is 500 g/mol. The van der Waals surface area contributed by atoms with Crippen LogP contribution in [0.4, 0.5) is 16.2 Å². The van der Waals surface area contributed by atoms with Gasteiger partial charge in [0.1, 0.15) is 5.75 Å². The standard InChI is InChI=1S/C29H32N4O4/c1-36-27-19-23(8-10-26(27)28(34)30-11-4-12-33-13-15-37-16-14-33)32-29(35)31-22-7-9-25-21(18-22)17-20-5-2-3-6-24(20)25/h2-3,5-10,18-19H,4,11-17H2,1H3,(H,30,34)(H2,31,32,35). The third-order valence-electron chi connectivity index (χ3n) is 6.80. The van der Waals surface area contributed by atoms with Gasteiger partial charge in [-0.2, -0.15) is 0 Å². The number of methoxy groups -OCH3 is 1. The summed E-state index contributed by atoms with van der Waals surface area (Å²) in [4.78, 5) is 27.7. The van der Waals surface area contributed by atoms with Gasteiger partial charge in [0, 0.05) is 37.1 Å². The highest BCUT2D eigenvalue weighted by atomic mass is 16.5. The maximum Gasteiger partial charge on any atom is 0.323 e. The highest BCUT2D eigenvalue weighted by Crippen LogP contribution is 2.37. The number of carbonyl (C=O) groups is 2. The Bertz CT molecular complexity index is 1290. The summed E-state index contributed by atoms with van der Waals surface area (Å²) in [5.74, 6) is 0.202. The highest BCUT2D eigenvalue weighted by Gasteiger charge is 2.19. The van der Waals surface area contributed by atoms with Gasteiger partial charge < -0.3 is 25.4 Å². The molecule has 3 aromatic rings. The number of nitrogens with one attached hydrogen (secondary N) is 3. The molecule has 5 rings (SSSR count). The molecule has 1 saturated heterocycles. The fourth-order valence-electron chi connectivity index (χ4n) is 4.90. The van der Waals surface area contributed by atoms with Crippen molar-refractivity contribution in [3.8, 4) is 16.9 Å². The van der Waals surface area contributed by atoms with E-state index in [-0.39, 0.29) is 11.9 Å². The Kier molecular flexibility index (Phi) is 7.67. The molecule has 3 amide bonds. The van der Waals surface area contributed by atoms with Crippen molar-refractivity contribution in [1.29, 1.82) is 0 Å². The van der Waals surface area contributed by atoms with Crippen LogP contribution in [0.25, 0.3) is 11.1 Å². The predicted molar refractivity (Wildman–Crippen MR) is 145 cm³/mol. The number of carbonyl (C=O) groups excluding carboxylic acids is 2. The van der Waals surface area contributed by atoms with Crippen molar-refractivity contribution in [2.45, 2.75) is 12.8 Å². The molecule has 0 unspecified atom stereocenters. The van der Waals surface area contributed by atoms with Gasteiger partial charge in [0.05, 0.1) is 25.9 Å². The molecule has 8 heteroatoms. The maximum atomic E-state index is 12.7. The van der Waals surface area contributed by atoms with Crippen molar-refractivity contribution < 1.29 is 19.1 Å². The van der Waals surface area contributed by atoms with Crippen molar-refractivity contribution in [2.24, 2.45) is 0 Å². The van der Waals surface area contributed by atoms with E-state index in [4.69, 9.17) is 9.47 Å². The lowest BCUT2D eigenvalue weighted by atomic mass is 10.1. The molecule has 37 heavy (non-hydrogen) atoms. The molecule has 192 valence electrons. The van der Waals surface area contributed by atoms with Crippen LogP contribution in [0, 0.1) is 0 Å². The number of fused-ring (bicyclic) bond motifs is 3. The molecule has 3 aromatic carbocycles. The molecule has 8 nitrogen and oxygen atoms in total. The number of benzene rings is 3. The van der Waals surface area contributed by atoms with Crippen LogP contribution in [0.1, 0.15) is 27.9 Å². The van der Waals surface area contributed by atoms with Crippen LogP contribution < -0.4 is 20.7 Å². The Hall–Kier alpha value is -3.88. The molecular weight excluding hydrogens is 468 g/mol. The number of urea groups is 1. The number of anilines is 2. The van der Waals surface area contributed by atoms with Crippen LogP contribution in [0.3, 0.4) is 0 Å². The number of ether oxygens (including phenoxy) is 2. The Balaban J connectivity index is 1.14. The molecule has 0 bridgehead atoms. The highest BCUT2D eigenvalue weighted by molar-refractivity contribution is 6.02. The number of hydrogen-bond donors (Lipinski definition) is 3. The molecule has 3 N–H and O–H groups in total. The van der Waals surface area contributed by atoms with Crippen LogP contribution >= 0.6 is 0 Å². The first-order valence-corrected chi connectivity index (χ1v) is 12.7. The Morgan fingerprint density at radius 2 is 1.65 bits per heavy atom. The maximum absolute atomic E-state index is 12.7. The molecule has 0 aromatic heterocycles. The zero-order valence-corrected chi connectivity index (χ0v) is 21.0. The largest absolute Gasteiger partial charge is 0.496 e. The Morgan fingerprint density at radius 1 is 0.919 bits per heavy atom. The zero-order chi connectivity index (χ0) is 25.6. The third kappa shape index (κ3) is 5.93. The van der Waals surface area contributed by atoms with E-state index in [0.29, 0.717) is 23.5 Å². The van der Waals surface area contributed by atoms with E-state index in [1.54, 1.807) is 18.2 Å². The van der Waals surface area contributed by atoms with E-state index >= 15 is 0 Å². The van der Waals surface area contributed by atoms with Gasteiger partial charge in [0.25, 0.3) is 5.91 Å².